The SMILES string of the molecule is [C-]#[N+]/C(C#N)=C1\C=C(C)OC(C=Cc2ccc(N(C)C)cc2)=C1. The summed E-state index contributed by atoms with van der Waals surface area (Å²) in [4.78, 5) is 5.28. The summed E-state index contributed by atoms with van der Waals surface area (Å²) >= 11 is 0. The van der Waals surface area contributed by atoms with Crippen LogP contribution < -0.4 is 4.90 Å². The van der Waals surface area contributed by atoms with Gasteiger partial charge in [-0.3, -0.25) is 0 Å². The third-order valence-corrected chi connectivity index (χ3v) is 3.28. The van der Waals surface area contributed by atoms with Gasteiger partial charge in [0.2, 0.25) is 0 Å². The van der Waals surface area contributed by atoms with Crippen molar-refractivity contribution >= 4 is 11.8 Å². The maximum absolute atomic E-state index is 8.99. The van der Waals surface area contributed by atoms with Gasteiger partial charge in [0, 0.05) is 19.8 Å². The molecule has 0 saturated heterocycles. The molecule has 1 heterocycles. The Morgan fingerprint density at radius 2 is 1.91 bits per heavy atom. The van der Waals surface area contributed by atoms with E-state index < -0.39 is 0 Å². The Morgan fingerprint density at radius 3 is 2.48 bits per heavy atom. The van der Waals surface area contributed by atoms with E-state index in [1.807, 2.05) is 61.5 Å². The van der Waals surface area contributed by atoms with Gasteiger partial charge in [0.25, 0.3) is 5.70 Å². The van der Waals surface area contributed by atoms with Crippen LogP contribution in [0.3, 0.4) is 0 Å². The van der Waals surface area contributed by atoms with Gasteiger partial charge in [0.1, 0.15) is 11.5 Å². The van der Waals surface area contributed by atoms with Gasteiger partial charge in [-0.1, -0.05) is 18.2 Å². The molecule has 0 aromatic heterocycles. The number of allylic oxidation sites excluding steroid dienone is 6. The van der Waals surface area contributed by atoms with E-state index in [0.717, 1.165) is 11.3 Å². The molecule has 0 aliphatic carbocycles. The maximum Gasteiger partial charge on any atom is 0.269 e. The standard InChI is InChI=1S/C19H17N3O/c1-14-11-16(19(13-20)21-2)12-18(23-14)10-7-15-5-8-17(9-6-15)22(3)4/h5-12H,1,3-4H3/b10-7?,19-16+. The summed E-state index contributed by atoms with van der Waals surface area (Å²) in [5.74, 6) is 1.26. The summed E-state index contributed by atoms with van der Waals surface area (Å²) in [6, 6.07) is 10.0. The van der Waals surface area contributed by atoms with E-state index >= 15 is 0 Å². The van der Waals surface area contributed by atoms with Gasteiger partial charge in [0.05, 0.1) is 12.6 Å². The zero-order valence-corrected chi connectivity index (χ0v) is 13.4. The lowest BCUT2D eigenvalue weighted by Gasteiger charge is -2.13. The van der Waals surface area contributed by atoms with Crippen molar-refractivity contribution in [3.63, 3.8) is 0 Å². The lowest BCUT2D eigenvalue weighted by atomic mass is 10.1. The van der Waals surface area contributed by atoms with E-state index in [4.69, 9.17) is 16.6 Å². The van der Waals surface area contributed by atoms with Crippen LogP contribution in [0.5, 0.6) is 0 Å². The number of hydrogen-bond acceptors (Lipinski definition) is 3. The topological polar surface area (TPSA) is 40.6 Å². The van der Waals surface area contributed by atoms with E-state index in [9.17, 15) is 0 Å². The van der Waals surface area contributed by atoms with Crippen LogP contribution in [0.15, 0.2) is 65.3 Å². The minimum atomic E-state index is 0.0638. The fourth-order valence-electron chi connectivity index (χ4n) is 2.09. The predicted molar refractivity (Wildman–Crippen MR) is 92.0 cm³/mol. The molecule has 1 aliphatic heterocycles. The predicted octanol–water partition coefficient (Wildman–Crippen LogP) is 4.28. The molecular formula is C19H17N3O. The molecule has 0 saturated carbocycles. The van der Waals surface area contributed by atoms with Crippen LogP contribution >= 0.6 is 0 Å². The largest absolute Gasteiger partial charge is 0.462 e. The van der Waals surface area contributed by atoms with Crippen LogP contribution in [-0.4, -0.2) is 14.1 Å². The monoisotopic (exact) mass is 303 g/mol. The van der Waals surface area contributed by atoms with Gasteiger partial charge in [-0.2, -0.15) is 0 Å². The summed E-state index contributed by atoms with van der Waals surface area (Å²) < 4.78 is 5.62. The number of hydrogen-bond donors (Lipinski definition) is 0. The summed E-state index contributed by atoms with van der Waals surface area (Å²) in [6.07, 6.45) is 7.17. The summed E-state index contributed by atoms with van der Waals surface area (Å²) in [5.41, 5.74) is 2.82. The lowest BCUT2D eigenvalue weighted by molar-refractivity contribution is 0.318. The van der Waals surface area contributed by atoms with E-state index in [-0.39, 0.29) is 5.70 Å². The van der Waals surface area contributed by atoms with Gasteiger partial charge >= 0.3 is 0 Å². The zero-order valence-electron chi connectivity index (χ0n) is 13.4. The lowest BCUT2D eigenvalue weighted by Crippen LogP contribution is -2.07. The van der Waals surface area contributed by atoms with Gasteiger partial charge in [-0.05, 0) is 48.4 Å². The quantitative estimate of drug-likeness (QED) is 0.618. The van der Waals surface area contributed by atoms with Crippen LogP contribution in [0.25, 0.3) is 10.9 Å². The highest BCUT2D eigenvalue weighted by molar-refractivity contribution is 5.58. The zero-order chi connectivity index (χ0) is 16.8. The first kappa shape index (κ1) is 16.1. The fraction of sp³-hybridized carbons (Fsp3) is 0.158. The number of nitrogens with zero attached hydrogens (tertiary/aromatic N) is 3. The second-order valence-electron chi connectivity index (χ2n) is 5.25. The van der Waals surface area contributed by atoms with Crippen molar-refractivity contribution in [3.8, 4) is 6.07 Å². The molecule has 114 valence electrons. The molecule has 0 radical (unpaired) electrons. The fourth-order valence-corrected chi connectivity index (χ4v) is 2.09. The van der Waals surface area contributed by atoms with Gasteiger partial charge in [-0.25, -0.2) is 10.1 Å². The molecule has 0 spiro atoms. The van der Waals surface area contributed by atoms with Gasteiger partial charge in [0.15, 0.2) is 0 Å². The first-order chi connectivity index (χ1) is 11.0. The number of rotatable bonds is 3. The molecule has 0 fully saturated rings. The molecule has 1 aromatic rings. The molecular weight excluding hydrogens is 286 g/mol. The second-order valence-corrected chi connectivity index (χ2v) is 5.25. The molecule has 23 heavy (non-hydrogen) atoms. The van der Waals surface area contributed by atoms with Crippen molar-refractivity contribution in [2.75, 3.05) is 19.0 Å². The smallest absolute Gasteiger partial charge is 0.269 e. The first-order valence-corrected chi connectivity index (χ1v) is 7.08. The molecule has 0 N–H and O–H groups in total. The molecule has 2 rings (SSSR count). The number of ether oxygens (including phenoxy) is 1. The molecule has 1 aromatic carbocycles. The van der Waals surface area contributed by atoms with Crippen LogP contribution in [0.4, 0.5) is 5.69 Å². The maximum atomic E-state index is 8.99. The Hall–Kier alpha value is -3.24. The van der Waals surface area contributed by atoms with E-state index in [0.29, 0.717) is 17.1 Å². The Balaban J connectivity index is 2.24. The highest BCUT2D eigenvalue weighted by atomic mass is 16.5. The van der Waals surface area contributed by atoms with E-state index in [2.05, 4.69) is 4.85 Å². The molecule has 4 nitrogen and oxygen atoms in total. The van der Waals surface area contributed by atoms with Crippen LogP contribution in [0.2, 0.25) is 0 Å². The Bertz CT molecular complexity index is 779. The van der Waals surface area contributed by atoms with Crippen LogP contribution in [-0.2, 0) is 4.74 Å². The molecule has 4 heteroatoms. The van der Waals surface area contributed by atoms with Crippen molar-refractivity contribution in [2.45, 2.75) is 6.92 Å². The number of nitriles is 1. The molecule has 0 atom stereocenters. The third-order valence-electron chi connectivity index (χ3n) is 3.28. The average Bonchev–Trinajstić information content (AvgIpc) is 2.54. The Kier molecular flexibility index (Phi) is 5.02. The number of benzene rings is 1. The van der Waals surface area contributed by atoms with Crippen molar-refractivity contribution < 1.29 is 4.74 Å². The molecule has 1 aliphatic rings. The van der Waals surface area contributed by atoms with Gasteiger partial charge in [-0.15, -0.1) is 0 Å². The average molecular weight is 303 g/mol. The van der Waals surface area contributed by atoms with E-state index in [1.165, 1.54) is 0 Å². The second kappa shape index (κ2) is 7.15. The van der Waals surface area contributed by atoms with E-state index in [1.54, 1.807) is 19.1 Å². The van der Waals surface area contributed by atoms with Crippen LogP contribution in [0, 0.1) is 17.9 Å². The summed E-state index contributed by atoms with van der Waals surface area (Å²) in [7, 11) is 4.00. The third kappa shape index (κ3) is 4.12. The first-order valence-electron chi connectivity index (χ1n) is 7.08. The van der Waals surface area contributed by atoms with Crippen molar-refractivity contribution in [1.29, 1.82) is 5.26 Å². The minimum absolute atomic E-state index is 0.0638. The number of anilines is 1. The summed E-state index contributed by atoms with van der Waals surface area (Å²) in [6.45, 7) is 8.84. The van der Waals surface area contributed by atoms with Crippen molar-refractivity contribution in [3.05, 3.63) is 82.3 Å². The van der Waals surface area contributed by atoms with Crippen LogP contribution in [0.1, 0.15) is 12.5 Å². The van der Waals surface area contributed by atoms with Crippen molar-refractivity contribution in [1.82, 2.24) is 0 Å². The normalized spacial score (nSPS) is 15.9. The Morgan fingerprint density at radius 1 is 1.22 bits per heavy atom. The minimum Gasteiger partial charge on any atom is -0.462 e. The Labute approximate surface area is 136 Å². The highest BCUT2D eigenvalue weighted by Crippen LogP contribution is 2.23. The summed E-state index contributed by atoms with van der Waals surface area (Å²) in [5, 5.41) is 8.99. The van der Waals surface area contributed by atoms with Gasteiger partial charge < -0.3 is 9.64 Å². The molecule has 0 unspecified atom stereocenters. The highest BCUT2D eigenvalue weighted by Gasteiger charge is 2.10. The molecule has 0 bridgehead atoms. The van der Waals surface area contributed by atoms with Crippen molar-refractivity contribution in [2.24, 2.45) is 0 Å². The molecule has 0 amide bonds.